The van der Waals surface area contributed by atoms with Gasteiger partial charge < -0.3 is 14.9 Å². The van der Waals surface area contributed by atoms with Crippen LogP contribution in [0.1, 0.15) is 31.7 Å². The van der Waals surface area contributed by atoms with Gasteiger partial charge in [0.05, 0.1) is 24.4 Å². The molecule has 0 atom stereocenters. The van der Waals surface area contributed by atoms with E-state index in [1.807, 2.05) is 0 Å². The van der Waals surface area contributed by atoms with Gasteiger partial charge in [-0.05, 0) is 31.4 Å². The first-order chi connectivity index (χ1) is 10.9. The summed E-state index contributed by atoms with van der Waals surface area (Å²) in [4.78, 5) is 15.8. The van der Waals surface area contributed by atoms with Crippen molar-refractivity contribution in [3.8, 4) is 5.75 Å². The van der Waals surface area contributed by atoms with Gasteiger partial charge in [-0.2, -0.15) is 0 Å². The summed E-state index contributed by atoms with van der Waals surface area (Å²) in [5.41, 5.74) is -0.746. The topological polar surface area (TPSA) is 79.1 Å². The number of carboxylic acids is 1. The molecule has 1 aliphatic carbocycles. The Morgan fingerprint density at radius 2 is 2.00 bits per heavy atom. The minimum atomic E-state index is -1.42. The first-order valence-electron chi connectivity index (χ1n) is 7.16. The van der Waals surface area contributed by atoms with Crippen LogP contribution in [0.25, 0.3) is 5.76 Å². The van der Waals surface area contributed by atoms with E-state index in [0.29, 0.717) is 0 Å². The molecule has 1 saturated carbocycles. The van der Waals surface area contributed by atoms with Gasteiger partial charge in [-0.25, -0.2) is 13.6 Å². The van der Waals surface area contributed by atoms with Gasteiger partial charge in [-0.3, -0.25) is 4.99 Å². The minimum Gasteiger partial charge on any atom is -0.506 e. The Bertz CT molecular complexity index is 694. The summed E-state index contributed by atoms with van der Waals surface area (Å²) in [5.74, 6) is -5.01. The Hall–Kier alpha value is -2.44. The third-order valence-electron chi connectivity index (χ3n) is 3.47. The summed E-state index contributed by atoms with van der Waals surface area (Å²) in [7, 11) is 1.08. The molecule has 0 amide bonds. The molecule has 124 valence electrons. The van der Waals surface area contributed by atoms with Gasteiger partial charge in [-0.15, -0.1) is 0 Å². The van der Waals surface area contributed by atoms with Gasteiger partial charge in [0.2, 0.25) is 0 Å². The highest BCUT2D eigenvalue weighted by atomic mass is 19.1. The number of hydrogen-bond acceptors (Lipinski definition) is 4. The van der Waals surface area contributed by atoms with Crippen molar-refractivity contribution in [2.75, 3.05) is 7.11 Å². The van der Waals surface area contributed by atoms with E-state index in [1.54, 1.807) is 6.92 Å². The van der Waals surface area contributed by atoms with Crippen LogP contribution in [0.15, 0.2) is 22.7 Å². The van der Waals surface area contributed by atoms with Gasteiger partial charge in [-0.1, -0.05) is 6.92 Å². The second kappa shape index (κ2) is 6.76. The highest BCUT2D eigenvalue weighted by molar-refractivity contribution is 6.23. The van der Waals surface area contributed by atoms with Gasteiger partial charge in [0.25, 0.3) is 0 Å². The van der Waals surface area contributed by atoms with Crippen molar-refractivity contribution in [2.45, 2.75) is 32.2 Å². The predicted molar refractivity (Wildman–Crippen MR) is 80.8 cm³/mol. The summed E-state index contributed by atoms with van der Waals surface area (Å²) < 4.78 is 32.3. The molecule has 0 unspecified atom stereocenters. The Kier molecular flexibility index (Phi) is 4.98. The number of nitrogens with zero attached hydrogens (tertiary/aromatic N) is 1. The highest BCUT2D eigenvalue weighted by Crippen LogP contribution is 2.31. The summed E-state index contributed by atoms with van der Waals surface area (Å²) in [5, 5.41) is 19.7. The molecule has 0 heterocycles. The van der Waals surface area contributed by atoms with Crippen molar-refractivity contribution >= 4 is 17.4 Å². The van der Waals surface area contributed by atoms with Crippen LogP contribution in [0.4, 0.5) is 8.78 Å². The number of carbonyl (C=O) groups is 1. The smallest absolute Gasteiger partial charge is 0.341 e. The van der Waals surface area contributed by atoms with E-state index in [9.17, 15) is 23.8 Å². The molecule has 0 aliphatic heterocycles. The first kappa shape index (κ1) is 16.9. The van der Waals surface area contributed by atoms with Crippen LogP contribution >= 0.6 is 0 Å². The number of aliphatic carboxylic acids is 1. The molecule has 1 fully saturated rings. The summed E-state index contributed by atoms with van der Waals surface area (Å²) in [6.07, 6.45) is 1.98. The van der Waals surface area contributed by atoms with E-state index in [2.05, 4.69) is 9.73 Å². The Morgan fingerprint density at radius 3 is 2.48 bits per heavy atom. The van der Waals surface area contributed by atoms with Crippen molar-refractivity contribution in [3.63, 3.8) is 0 Å². The average Bonchev–Trinajstić information content (AvgIpc) is 3.30. The molecule has 0 bridgehead atoms. The lowest BCUT2D eigenvalue weighted by atomic mass is 10.0. The molecule has 2 N–H and O–H groups in total. The van der Waals surface area contributed by atoms with Crippen molar-refractivity contribution < 1.29 is 28.5 Å². The van der Waals surface area contributed by atoms with Crippen molar-refractivity contribution in [2.24, 2.45) is 4.99 Å². The Balaban J connectivity index is 2.61. The second-order valence-corrected chi connectivity index (χ2v) is 5.13. The molecule has 1 aliphatic rings. The molecule has 23 heavy (non-hydrogen) atoms. The normalized spacial score (nSPS) is 16.1. The Labute approximate surface area is 131 Å². The third-order valence-corrected chi connectivity index (χ3v) is 3.47. The molecule has 0 spiro atoms. The molecule has 5 nitrogen and oxygen atoms in total. The van der Waals surface area contributed by atoms with Crippen LogP contribution < -0.4 is 4.74 Å². The van der Waals surface area contributed by atoms with Gasteiger partial charge >= 0.3 is 5.97 Å². The third kappa shape index (κ3) is 3.49. The molecule has 1 aromatic carbocycles. The van der Waals surface area contributed by atoms with Crippen LogP contribution in [0.5, 0.6) is 5.75 Å². The highest BCUT2D eigenvalue weighted by Gasteiger charge is 2.28. The van der Waals surface area contributed by atoms with Gasteiger partial charge in [0, 0.05) is 0 Å². The average molecular weight is 325 g/mol. The van der Waals surface area contributed by atoms with E-state index in [1.165, 1.54) is 0 Å². The summed E-state index contributed by atoms with van der Waals surface area (Å²) >= 11 is 0. The van der Waals surface area contributed by atoms with Crippen LogP contribution in [0.3, 0.4) is 0 Å². The molecule has 2 rings (SSSR count). The molecule has 7 heteroatoms. The fraction of sp³-hybridized carbons (Fsp3) is 0.375. The quantitative estimate of drug-likeness (QED) is 0.478. The number of aliphatic hydroxyl groups is 1. The zero-order valence-corrected chi connectivity index (χ0v) is 12.8. The van der Waals surface area contributed by atoms with Gasteiger partial charge in [0.15, 0.2) is 17.4 Å². The first-order valence-corrected chi connectivity index (χ1v) is 7.16. The maximum Gasteiger partial charge on any atom is 0.341 e. The fourth-order valence-electron chi connectivity index (χ4n) is 2.16. The molecule has 0 saturated heterocycles. The number of aliphatic hydroxyl groups excluding tert-OH is 1. The second-order valence-electron chi connectivity index (χ2n) is 5.13. The minimum absolute atomic E-state index is 0.0414. The number of halogens is 2. The van der Waals surface area contributed by atoms with E-state index in [4.69, 9.17) is 0 Å². The van der Waals surface area contributed by atoms with Crippen LogP contribution in [-0.2, 0) is 4.79 Å². The molecule has 1 aromatic rings. The zero-order valence-electron chi connectivity index (χ0n) is 12.8. The number of aliphatic imine (C=N–C) groups is 1. The van der Waals surface area contributed by atoms with Crippen molar-refractivity contribution in [1.82, 2.24) is 0 Å². The van der Waals surface area contributed by atoms with Crippen LogP contribution in [-0.4, -0.2) is 35.0 Å². The largest absolute Gasteiger partial charge is 0.506 e. The predicted octanol–water partition coefficient (Wildman–Crippen LogP) is 3.34. The Morgan fingerprint density at radius 1 is 1.35 bits per heavy atom. The SMILES string of the molecule is CCC(=NC1CC1)C(C(=O)O)=C(O)c1ccc(F)c(OC)c1F. The fourth-order valence-corrected chi connectivity index (χ4v) is 2.16. The number of benzene rings is 1. The van der Waals surface area contributed by atoms with E-state index in [0.717, 1.165) is 32.1 Å². The molecular formula is C16H17F2NO4. The van der Waals surface area contributed by atoms with Crippen LogP contribution in [0.2, 0.25) is 0 Å². The summed E-state index contributed by atoms with van der Waals surface area (Å²) in [6, 6.07) is 1.91. The summed E-state index contributed by atoms with van der Waals surface area (Å²) in [6.45, 7) is 1.69. The molecule has 0 radical (unpaired) electrons. The molecular weight excluding hydrogens is 308 g/mol. The number of ether oxygens (including phenoxy) is 1. The van der Waals surface area contributed by atoms with E-state index in [-0.39, 0.29) is 18.2 Å². The van der Waals surface area contributed by atoms with Crippen molar-refractivity contribution in [3.05, 3.63) is 34.9 Å². The number of hydrogen-bond donors (Lipinski definition) is 2. The zero-order chi connectivity index (χ0) is 17.1. The maximum atomic E-state index is 14.3. The molecule has 0 aromatic heterocycles. The van der Waals surface area contributed by atoms with Crippen LogP contribution in [0, 0.1) is 11.6 Å². The number of methoxy groups -OCH3 is 1. The number of carboxylic acid groups (broad SMARTS) is 1. The maximum absolute atomic E-state index is 14.3. The lowest BCUT2D eigenvalue weighted by molar-refractivity contribution is -0.132. The lowest BCUT2D eigenvalue weighted by Gasteiger charge is -2.12. The van der Waals surface area contributed by atoms with Crippen molar-refractivity contribution in [1.29, 1.82) is 0 Å². The van der Waals surface area contributed by atoms with Gasteiger partial charge in [0.1, 0.15) is 11.3 Å². The monoisotopic (exact) mass is 325 g/mol. The lowest BCUT2D eigenvalue weighted by Crippen LogP contribution is -2.16. The van der Waals surface area contributed by atoms with E-state index < -0.39 is 40.2 Å². The number of rotatable bonds is 6. The van der Waals surface area contributed by atoms with E-state index >= 15 is 0 Å². The standard InChI is InChI=1S/C16H17F2NO4/c1-3-11(19-8-4-5-8)12(16(21)22)14(20)9-6-7-10(17)15(23-2)13(9)18/h6-8,20H,3-5H2,1-2H3,(H,21,22).